The second kappa shape index (κ2) is 11.7. The quantitative estimate of drug-likeness (QED) is 0.233. The highest BCUT2D eigenvalue weighted by Crippen LogP contribution is 2.60. The molecule has 5 nitrogen and oxygen atoms in total. The molecule has 214 valence electrons. The smallest absolute Gasteiger partial charge is 0.226 e. The molecule has 1 aliphatic carbocycles. The molecule has 2 N–H and O–H groups in total. The van der Waals surface area contributed by atoms with Crippen molar-refractivity contribution in [2.75, 3.05) is 19.8 Å². The molecule has 8 heteroatoms. The molecule has 2 aromatic rings. The first-order valence-corrected chi connectivity index (χ1v) is 17.7. The van der Waals surface area contributed by atoms with Gasteiger partial charge in [-0.15, -0.1) is 0 Å². The van der Waals surface area contributed by atoms with Crippen LogP contribution in [0.1, 0.15) is 69.9 Å². The van der Waals surface area contributed by atoms with Crippen molar-refractivity contribution < 1.29 is 19.1 Å². The highest BCUT2D eigenvalue weighted by Gasteiger charge is 2.60. The largest absolute Gasteiger partial charge is 0.491 e. The summed E-state index contributed by atoms with van der Waals surface area (Å²) in [6.45, 7) is 14.2. The molecule has 0 aromatic heterocycles. The zero-order chi connectivity index (χ0) is 28.6. The average molecular weight is 593 g/mol. The van der Waals surface area contributed by atoms with E-state index in [0.717, 1.165) is 23.3 Å². The van der Waals surface area contributed by atoms with E-state index < -0.39 is 13.7 Å². The maximum atomic E-state index is 13.3. The third kappa shape index (κ3) is 6.06. The Morgan fingerprint density at radius 3 is 2.41 bits per heavy atom. The van der Waals surface area contributed by atoms with Crippen LogP contribution in [0.4, 0.5) is 0 Å². The molecule has 2 fully saturated rings. The van der Waals surface area contributed by atoms with E-state index in [1.165, 1.54) is 0 Å². The van der Waals surface area contributed by atoms with E-state index in [4.69, 9.17) is 32.4 Å². The molecule has 39 heavy (non-hydrogen) atoms. The Labute approximate surface area is 244 Å². The number of rotatable bonds is 9. The van der Waals surface area contributed by atoms with Crippen LogP contribution in [0.15, 0.2) is 42.5 Å². The summed E-state index contributed by atoms with van der Waals surface area (Å²) < 4.78 is 12.3. The van der Waals surface area contributed by atoms with Gasteiger partial charge in [-0.3, -0.25) is 4.79 Å². The Balaban J connectivity index is 1.59. The first-order chi connectivity index (χ1) is 18.3. The van der Waals surface area contributed by atoms with Crippen LogP contribution in [0.25, 0.3) is 0 Å². The minimum Gasteiger partial charge on any atom is -0.491 e. The summed E-state index contributed by atoms with van der Waals surface area (Å²) >= 11 is 13.2. The van der Waals surface area contributed by atoms with E-state index in [9.17, 15) is 9.90 Å². The first kappa shape index (κ1) is 30.4. The van der Waals surface area contributed by atoms with E-state index in [0.29, 0.717) is 36.1 Å². The van der Waals surface area contributed by atoms with Gasteiger partial charge in [-0.1, -0.05) is 62.2 Å². The van der Waals surface area contributed by atoms with Crippen molar-refractivity contribution in [2.45, 2.75) is 83.0 Å². The lowest BCUT2D eigenvalue weighted by Gasteiger charge is -2.47. The lowest BCUT2D eigenvalue weighted by molar-refractivity contribution is -0.132. The SMILES string of the molecule is C[C@H]1NC(=O)[C@]2(CCO)CC[C@@H](c3ccc(OCCO[Si](C)(C)C(C)(C)C)cc3Cl)[C@H](c3ccc(Cl)cc3)[C@H]12. The minimum atomic E-state index is -1.82. The lowest BCUT2D eigenvalue weighted by Crippen LogP contribution is -2.44. The van der Waals surface area contributed by atoms with Crippen molar-refractivity contribution in [1.29, 1.82) is 0 Å². The summed E-state index contributed by atoms with van der Waals surface area (Å²) in [5.41, 5.74) is 1.61. The van der Waals surface area contributed by atoms with Crippen LogP contribution in [0.5, 0.6) is 5.75 Å². The van der Waals surface area contributed by atoms with Gasteiger partial charge in [-0.05, 0) is 91.5 Å². The van der Waals surface area contributed by atoms with Gasteiger partial charge in [0, 0.05) is 28.6 Å². The van der Waals surface area contributed by atoms with Crippen molar-refractivity contribution >= 4 is 37.4 Å². The molecule has 0 unspecified atom stereocenters. The predicted octanol–water partition coefficient (Wildman–Crippen LogP) is 7.56. The van der Waals surface area contributed by atoms with Gasteiger partial charge < -0.3 is 19.6 Å². The van der Waals surface area contributed by atoms with Gasteiger partial charge >= 0.3 is 0 Å². The van der Waals surface area contributed by atoms with Gasteiger partial charge in [0.25, 0.3) is 0 Å². The summed E-state index contributed by atoms with van der Waals surface area (Å²) in [6, 6.07) is 13.9. The number of aliphatic hydroxyl groups is 1. The molecule has 4 rings (SSSR count). The molecule has 5 atom stereocenters. The number of halogens is 2. The van der Waals surface area contributed by atoms with Crippen LogP contribution in [0.2, 0.25) is 28.2 Å². The summed E-state index contributed by atoms with van der Waals surface area (Å²) in [5, 5.41) is 14.7. The van der Waals surface area contributed by atoms with Gasteiger partial charge in [0.15, 0.2) is 8.32 Å². The number of fused-ring (bicyclic) bond motifs is 1. The average Bonchev–Trinajstić information content (AvgIpc) is 3.11. The van der Waals surface area contributed by atoms with Crippen LogP contribution in [0, 0.1) is 11.3 Å². The van der Waals surface area contributed by atoms with Crippen molar-refractivity contribution in [2.24, 2.45) is 11.3 Å². The number of amides is 1. The lowest BCUT2D eigenvalue weighted by atomic mass is 9.54. The summed E-state index contributed by atoms with van der Waals surface area (Å²) in [5.74, 6) is 0.959. The van der Waals surface area contributed by atoms with Crippen molar-refractivity contribution in [3.63, 3.8) is 0 Å². The fourth-order valence-corrected chi connectivity index (χ4v) is 7.96. The first-order valence-electron chi connectivity index (χ1n) is 14.0. The van der Waals surface area contributed by atoms with E-state index in [-0.39, 0.29) is 41.3 Å². The Morgan fingerprint density at radius 2 is 1.79 bits per heavy atom. The van der Waals surface area contributed by atoms with Crippen molar-refractivity contribution in [3.05, 3.63) is 63.6 Å². The monoisotopic (exact) mass is 591 g/mol. The number of hydrogen-bond donors (Lipinski definition) is 2. The van der Waals surface area contributed by atoms with E-state index in [1.807, 2.05) is 24.3 Å². The van der Waals surface area contributed by atoms with E-state index >= 15 is 0 Å². The Hall–Kier alpha value is -1.57. The number of ether oxygens (including phenoxy) is 1. The van der Waals surface area contributed by atoms with E-state index in [1.54, 1.807) is 0 Å². The molecule has 1 aliphatic heterocycles. The topological polar surface area (TPSA) is 67.8 Å². The number of carbonyl (C=O) groups excluding carboxylic acids is 1. The molecule has 0 spiro atoms. The molecule has 1 saturated carbocycles. The third-order valence-electron chi connectivity index (χ3n) is 9.51. The van der Waals surface area contributed by atoms with Gasteiger partial charge in [0.05, 0.1) is 12.0 Å². The second-order valence-electron chi connectivity index (χ2n) is 12.8. The third-order valence-corrected chi connectivity index (χ3v) is 14.6. The molecular weight excluding hydrogens is 549 g/mol. The zero-order valence-electron chi connectivity index (χ0n) is 24.0. The Kier molecular flexibility index (Phi) is 9.14. The van der Waals surface area contributed by atoms with Gasteiger partial charge in [0.1, 0.15) is 12.4 Å². The van der Waals surface area contributed by atoms with Crippen LogP contribution in [0.3, 0.4) is 0 Å². The van der Waals surface area contributed by atoms with Crippen LogP contribution in [-0.4, -0.2) is 45.2 Å². The van der Waals surface area contributed by atoms with Crippen molar-refractivity contribution in [3.8, 4) is 5.75 Å². The molecule has 0 bridgehead atoms. The highest BCUT2D eigenvalue weighted by atomic mass is 35.5. The fourth-order valence-electron chi connectivity index (χ4n) is 6.50. The van der Waals surface area contributed by atoms with Crippen molar-refractivity contribution in [1.82, 2.24) is 5.32 Å². The number of hydrogen-bond acceptors (Lipinski definition) is 4. The molecular formula is C31H43Cl2NO4Si. The zero-order valence-corrected chi connectivity index (χ0v) is 26.5. The van der Waals surface area contributed by atoms with E-state index in [2.05, 4.69) is 64.3 Å². The minimum absolute atomic E-state index is 0.0133. The normalized spacial score (nSPS) is 27.3. The molecule has 1 heterocycles. The van der Waals surface area contributed by atoms with Gasteiger partial charge in [-0.25, -0.2) is 0 Å². The number of benzene rings is 2. The van der Waals surface area contributed by atoms with Crippen LogP contribution in [-0.2, 0) is 9.22 Å². The summed E-state index contributed by atoms with van der Waals surface area (Å²) in [6.07, 6.45) is 1.97. The second-order valence-corrected chi connectivity index (χ2v) is 18.4. The number of carbonyl (C=O) groups is 1. The molecule has 0 radical (unpaired) electrons. The molecule has 1 amide bonds. The van der Waals surface area contributed by atoms with Gasteiger partial charge in [0.2, 0.25) is 5.91 Å². The van der Waals surface area contributed by atoms with Crippen LogP contribution < -0.4 is 10.1 Å². The predicted molar refractivity (Wildman–Crippen MR) is 161 cm³/mol. The number of aliphatic hydroxyl groups excluding tert-OH is 1. The fraction of sp³-hybridized carbons (Fsp3) is 0.581. The van der Waals surface area contributed by atoms with Crippen LogP contribution >= 0.6 is 23.2 Å². The maximum Gasteiger partial charge on any atom is 0.226 e. The molecule has 2 aromatic carbocycles. The molecule has 1 saturated heterocycles. The Bertz CT molecular complexity index is 1170. The maximum absolute atomic E-state index is 13.3. The molecule has 2 aliphatic rings. The Morgan fingerprint density at radius 1 is 1.10 bits per heavy atom. The summed E-state index contributed by atoms with van der Waals surface area (Å²) in [4.78, 5) is 13.3. The summed E-state index contributed by atoms with van der Waals surface area (Å²) in [7, 11) is -1.82. The number of nitrogens with one attached hydrogen (secondary N) is 1. The standard InChI is InChI=1S/C31H43Cl2NO4Si/c1-20-28-27(21-7-9-22(32)10-8-21)25(13-14-31(28,15-16-35)29(36)34-20)24-12-11-23(19-26(24)33)37-17-18-38-39(5,6)30(2,3)4/h7-12,19-20,25,27-28,35H,13-18H2,1-6H3,(H,34,36)/t20-,25+,27+,28+,31+/m1/s1. The highest BCUT2D eigenvalue weighted by molar-refractivity contribution is 6.74. The van der Waals surface area contributed by atoms with Gasteiger partial charge in [-0.2, -0.15) is 0 Å².